The van der Waals surface area contributed by atoms with Crippen molar-refractivity contribution < 1.29 is 13.2 Å². The molecule has 0 fully saturated rings. The lowest BCUT2D eigenvalue weighted by atomic mass is 10.1. The smallest absolute Gasteiger partial charge is 0.177 e. The lowest BCUT2D eigenvalue weighted by molar-refractivity contribution is 0.159. The van der Waals surface area contributed by atoms with Gasteiger partial charge in [-0.1, -0.05) is 13.0 Å². The number of rotatable bonds is 5. The first-order valence-electron chi connectivity index (χ1n) is 6.08. The normalized spacial score (nSPS) is 13.8. The van der Waals surface area contributed by atoms with Crippen LogP contribution in [0.15, 0.2) is 23.1 Å². The van der Waals surface area contributed by atoms with Crippen LogP contribution in [0.4, 0.5) is 0 Å². The second-order valence-corrected chi connectivity index (χ2v) is 6.86. The third-order valence-electron chi connectivity index (χ3n) is 2.92. The topological polar surface area (TPSA) is 72.0 Å². The minimum Gasteiger partial charge on any atom is -0.384 e. The Hall–Kier alpha value is -1.40. The maximum Gasteiger partial charge on any atom is 0.177 e. The fraction of sp³-hybridized carbons (Fsp3) is 0.462. The molecule has 1 N–H and O–H groups in total. The highest BCUT2D eigenvalue weighted by Gasteiger charge is 2.15. The number of H-pyrrole nitrogens is 1. The molecule has 0 aliphatic carbocycles. The Kier molecular flexibility index (Phi) is 3.91. The van der Waals surface area contributed by atoms with Crippen LogP contribution in [0.5, 0.6) is 0 Å². The molecule has 1 aromatic heterocycles. The largest absolute Gasteiger partial charge is 0.384 e. The Morgan fingerprint density at radius 1 is 1.42 bits per heavy atom. The zero-order valence-electron chi connectivity index (χ0n) is 11.3. The quantitative estimate of drug-likeness (QED) is 0.907. The van der Waals surface area contributed by atoms with Crippen LogP contribution >= 0.6 is 0 Å². The first kappa shape index (κ1) is 14.0. The average Bonchev–Trinajstić information content (AvgIpc) is 2.69. The minimum atomic E-state index is -3.26. The molecule has 1 unspecified atom stereocenters. The van der Waals surface area contributed by atoms with Crippen LogP contribution in [-0.2, 0) is 21.0 Å². The number of para-hydroxylation sites is 1. The number of benzene rings is 1. The molecule has 0 aliphatic rings. The lowest BCUT2D eigenvalue weighted by Crippen LogP contribution is -2.08. The zero-order valence-corrected chi connectivity index (χ0v) is 12.1. The second-order valence-electron chi connectivity index (χ2n) is 4.87. The van der Waals surface area contributed by atoms with E-state index in [1.54, 1.807) is 19.2 Å². The Labute approximate surface area is 112 Å². The van der Waals surface area contributed by atoms with Crippen molar-refractivity contribution in [2.24, 2.45) is 5.92 Å². The maximum atomic E-state index is 11.7. The summed E-state index contributed by atoms with van der Waals surface area (Å²) < 4.78 is 28.5. The van der Waals surface area contributed by atoms with E-state index in [0.717, 1.165) is 17.8 Å². The number of hydrogen-bond donors (Lipinski definition) is 1. The summed E-state index contributed by atoms with van der Waals surface area (Å²) in [6.45, 7) is 2.71. The van der Waals surface area contributed by atoms with Gasteiger partial charge >= 0.3 is 0 Å². The summed E-state index contributed by atoms with van der Waals surface area (Å²) in [6.07, 6.45) is 1.93. The van der Waals surface area contributed by atoms with Gasteiger partial charge in [-0.25, -0.2) is 13.4 Å². The molecular formula is C13H18N2O3S. The number of imidazole rings is 1. The van der Waals surface area contributed by atoms with E-state index in [9.17, 15) is 8.42 Å². The Morgan fingerprint density at radius 3 is 2.79 bits per heavy atom. The highest BCUT2D eigenvalue weighted by Crippen LogP contribution is 2.21. The molecule has 1 heterocycles. The van der Waals surface area contributed by atoms with Gasteiger partial charge in [0.15, 0.2) is 9.84 Å². The predicted octanol–water partition coefficient (Wildman–Crippen LogP) is 1.79. The van der Waals surface area contributed by atoms with E-state index in [1.165, 1.54) is 6.26 Å². The van der Waals surface area contributed by atoms with Crippen molar-refractivity contribution in [2.75, 3.05) is 20.0 Å². The van der Waals surface area contributed by atoms with E-state index in [4.69, 9.17) is 4.74 Å². The number of sulfone groups is 1. The van der Waals surface area contributed by atoms with Crippen molar-refractivity contribution in [1.82, 2.24) is 9.97 Å². The molecule has 2 aromatic rings. The molecule has 104 valence electrons. The fourth-order valence-corrected chi connectivity index (χ4v) is 2.96. The monoisotopic (exact) mass is 282 g/mol. The lowest BCUT2D eigenvalue weighted by Gasteiger charge is -2.06. The molecule has 1 aromatic carbocycles. The number of nitrogens with zero attached hydrogens (tertiary/aromatic N) is 1. The summed E-state index contributed by atoms with van der Waals surface area (Å²) in [5.74, 6) is 1.11. The van der Waals surface area contributed by atoms with E-state index >= 15 is 0 Å². The molecule has 0 bridgehead atoms. The van der Waals surface area contributed by atoms with Crippen LogP contribution in [0.3, 0.4) is 0 Å². The van der Waals surface area contributed by atoms with Gasteiger partial charge in [-0.05, 0) is 18.1 Å². The predicted molar refractivity (Wildman–Crippen MR) is 73.9 cm³/mol. The Morgan fingerprint density at radius 2 is 2.16 bits per heavy atom. The average molecular weight is 282 g/mol. The molecule has 0 aliphatic heterocycles. The van der Waals surface area contributed by atoms with Gasteiger partial charge < -0.3 is 9.72 Å². The van der Waals surface area contributed by atoms with Crippen molar-refractivity contribution in [3.05, 3.63) is 24.0 Å². The molecular weight excluding hydrogens is 264 g/mol. The molecule has 1 atom stereocenters. The van der Waals surface area contributed by atoms with Crippen LogP contribution in [-0.4, -0.2) is 38.4 Å². The van der Waals surface area contributed by atoms with Gasteiger partial charge in [0.25, 0.3) is 0 Å². The highest BCUT2D eigenvalue weighted by molar-refractivity contribution is 7.91. The van der Waals surface area contributed by atoms with Crippen LogP contribution in [0.25, 0.3) is 11.0 Å². The summed E-state index contributed by atoms with van der Waals surface area (Å²) in [5.41, 5.74) is 1.27. The Balaban J connectivity index is 2.41. The molecule has 0 amide bonds. The number of aromatic amines is 1. The highest BCUT2D eigenvalue weighted by atomic mass is 32.2. The van der Waals surface area contributed by atoms with Gasteiger partial charge in [0.1, 0.15) is 11.3 Å². The fourth-order valence-electron chi connectivity index (χ4n) is 2.13. The molecule has 6 heteroatoms. The van der Waals surface area contributed by atoms with Crippen molar-refractivity contribution in [3.63, 3.8) is 0 Å². The van der Waals surface area contributed by atoms with Crippen LogP contribution in [0.2, 0.25) is 0 Å². The van der Waals surface area contributed by atoms with Gasteiger partial charge in [0.05, 0.1) is 10.4 Å². The third kappa shape index (κ3) is 3.13. The number of ether oxygens (including phenoxy) is 1. The summed E-state index contributed by atoms with van der Waals surface area (Å²) in [7, 11) is -1.60. The van der Waals surface area contributed by atoms with E-state index < -0.39 is 9.84 Å². The third-order valence-corrected chi connectivity index (χ3v) is 4.05. The van der Waals surface area contributed by atoms with Crippen LogP contribution in [0.1, 0.15) is 12.7 Å². The molecule has 0 saturated heterocycles. The zero-order chi connectivity index (χ0) is 14.0. The van der Waals surface area contributed by atoms with Gasteiger partial charge in [0, 0.05) is 26.4 Å². The second kappa shape index (κ2) is 5.30. The van der Waals surface area contributed by atoms with Gasteiger partial charge in [-0.2, -0.15) is 0 Å². The molecule has 0 saturated carbocycles. The van der Waals surface area contributed by atoms with E-state index in [2.05, 4.69) is 16.9 Å². The van der Waals surface area contributed by atoms with Crippen molar-refractivity contribution in [1.29, 1.82) is 0 Å². The number of nitrogens with one attached hydrogen (secondary N) is 1. The van der Waals surface area contributed by atoms with Crippen molar-refractivity contribution in [3.8, 4) is 0 Å². The molecule has 0 spiro atoms. The Bertz CT molecular complexity index is 676. The summed E-state index contributed by atoms with van der Waals surface area (Å²) in [5, 5.41) is 0. The number of fused-ring (bicyclic) bond motifs is 1. The van der Waals surface area contributed by atoms with E-state index in [-0.39, 0.29) is 4.90 Å². The minimum absolute atomic E-state index is 0.270. The number of hydrogen-bond acceptors (Lipinski definition) is 4. The first-order chi connectivity index (χ1) is 8.91. The van der Waals surface area contributed by atoms with E-state index in [1.807, 2.05) is 6.07 Å². The first-order valence-corrected chi connectivity index (χ1v) is 7.97. The van der Waals surface area contributed by atoms with Gasteiger partial charge in [0.2, 0.25) is 0 Å². The van der Waals surface area contributed by atoms with Crippen molar-refractivity contribution >= 4 is 20.9 Å². The summed E-state index contributed by atoms with van der Waals surface area (Å²) in [6, 6.07) is 5.14. The van der Waals surface area contributed by atoms with Gasteiger partial charge in [-0.3, -0.25) is 0 Å². The molecule has 0 radical (unpaired) electrons. The summed E-state index contributed by atoms with van der Waals surface area (Å²) in [4.78, 5) is 7.85. The summed E-state index contributed by atoms with van der Waals surface area (Å²) >= 11 is 0. The van der Waals surface area contributed by atoms with Crippen LogP contribution in [0, 0.1) is 5.92 Å². The number of aromatic nitrogens is 2. The maximum absolute atomic E-state index is 11.7. The molecule has 5 nitrogen and oxygen atoms in total. The number of methoxy groups -OCH3 is 1. The standard InChI is InChI=1S/C13H18N2O3S/c1-9(8-18-2)7-12-14-10-5-4-6-11(13(10)15-12)19(3,16)17/h4-6,9H,7-8H2,1-3H3,(H,14,15). The van der Waals surface area contributed by atoms with Gasteiger partial charge in [-0.15, -0.1) is 0 Å². The van der Waals surface area contributed by atoms with Crippen LogP contribution < -0.4 is 0 Å². The SMILES string of the molecule is COCC(C)Cc1nc2c(S(C)(=O)=O)cccc2[nH]1. The molecule has 2 rings (SSSR count). The van der Waals surface area contributed by atoms with Crippen molar-refractivity contribution in [2.45, 2.75) is 18.2 Å². The van der Waals surface area contributed by atoms with E-state index in [0.29, 0.717) is 18.0 Å². The molecule has 19 heavy (non-hydrogen) atoms.